The van der Waals surface area contributed by atoms with Crippen molar-refractivity contribution in [2.75, 3.05) is 39.0 Å². The van der Waals surface area contributed by atoms with Gasteiger partial charge in [0.25, 0.3) is 0 Å². The molecule has 196 valence electrons. The molecule has 0 bridgehead atoms. The van der Waals surface area contributed by atoms with Crippen LogP contribution in [0.1, 0.15) is 22.0 Å². The average Bonchev–Trinajstić information content (AvgIpc) is 3.58. The minimum absolute atomic E-state index is 0.138. The van der Waals surface area contributed by atoms with Gasteiger partial charge in [-0.1, -0.05) is 53.8 Å². The number of methoxy groups -OCH3 is 3. The van der Waals surface area contributed by atoms with E-state index in [0.717, 1.165) is 16.9 Å². The maximum Gasteiger partial charge on any atom is 0.231 e. The van der Waals surface area contributed by atoms with Crippen molar-refractivity contribution < 1.29 is 23.7 Å². The number of thiazole rings is 1. The number of nitrogens with two attached hydrogens (primary N) is 1. The molecule has 1 atom stereocenters. The Balaban J connectivity index is 1.27. The first-order valence-electron chi connectivity index (χ1n) is 11.9. The van der Waals surface area contributed by atoms with E-state index in [-0.39, 0.29) is 6.04 Å². The summed E-state index contributed by atoms with van der Waals surface area (Å²) in [5.41, 5.74) is 9.10. The Bertz CT molecular complexity index is 1400. The third-order valence-electron chi connectivity index (χ3n) is 5.93. The van der Waals surface area contributed by atoms with Crippen LogP contribution < -0.4 is 30.0 Å². The first-order valence-corrected chi connectivity index (χ1v) is 12.7. The van der Waals surface area contributed by atoms with Gasteiger partial charge in [-0.05, 0) is 23.3 Å². The predicted molar refractivity (Wildman–Crippen MR) is 148 cm³/mol. The van der Waals surface area contributed by atoms with Gasteiger partial charge in [-0.25, -0.2) is 9.98 Å². The van der Waals surface area contributed by atoms with Crippen molar-refractivity contribution in [1.29, 1.82) is 0 Å². The Morgan fingerprint density at radius 3 is 2.34 bits per heavy atom. The lowest BCUT2D eigenvalue weighted by atomic mass is 10.1. The van der Waals surface area contributed by atoms with Crippen LogP contribution in [0.4, 0.5) is 16.6 Å². The lowest BCUT2D eigenvalue weighted by molar-refractivity contribution is 0.305. The molecule has 0 saturated heterocycles. The second-order valence-electron chi connectivity index (χ2n) is 8.38. The zero-order chi connectivity index (χ0) is 26.5. The maximum absolute atomic E-state index is 6.23. The highest BCUT2D eigenvalue weighted by atomic mass is 32.1. The van der Waals surface area contributed by atoms with Crippen molar-refractivity contribution in [2.24, 2.45) is 4.99 Å². The number of benzene rings is 3. The Hall–Kier alpha value is -4.44. The molecule has 0 saturated carbocycles. The summed E-state index contributed by atoms with van der Waals surface area (Å²) in [4.78, 5) is 9.90. The number of nitrogens with zero attached hydrogens (tertiary/aromatic N) is 2. The fourth-order valence-corrected chi connectivity index (χ4v) is 4.87. The summed E-state index contributed by atoms with van der Waals surface area (Å²) in [6, 6.07) is 21.4. The molecule has 1 aliphatic rings. The van der Waals surface area contributed by atoms with E-state index < -0.39 is 0 Å². The zero-order valence-corrected chi connectivity index (χ0v) is 22.1. The molecule has 0 spiro atoms. The second-order valence-corrected chi connectivity index (χ2v) is 9.38. The number of aliphatic imine (C=N–C) groups is 1. The fraction of sp³-hybridized carbons (Fsp3) is 0.214. The normalized spacial score (nSPS) is 14.4. The number of hydrogen-bond acceptors (Lipinski definition) is 10. The van der Waals surface area contributed by atoms with E-state index >= 15 is 0 Å². The summed E-state index contributed by atoms with van der Waals surface area (Å²) in [6.45, 7) is 0.943. The van der Waals surface area contributed by atoms with E-state index in [2.05, 4.69) is 10.3 Å². The number of hydrogen-bond donors (Lipinski definition) is 2. The molecule has 0 fully saturated rings. The Morgan fingerprint density at radius 2 is 1.68 bits per heavy atom. The van der Waals surface area contributed by atoms with Crippen molar-refractivity contribution >= 4 is 33.9 Å². The summed E-state index contributed by atoms with van der Waals surface area (Å²) < 4.78 is 28.0. The summed E-state index contributed by atoms with van der Waals surface area (Å²) in [5, 5.41) is 3.83. The minimum Gasteiger partial charge on any atom is -0.493 e. The quantitative estimate of drug-likeness (QED) is 0.272. The summed E-state index contributed by atoms with van der Waals surface area (Å²) in [6.07, 6.45) is 0. The van der Waals surface area contributed by atoms with Crippen LogP contribution in [-0.2, 0) is 11.3 Å². The molecule has 0 aliphatic carbocycles. The smallest absolute Gasteiger partial charge is 0.231 e. The summed E-state index contributed by atoms with van der Waals surface area (Å²) in [5.74, 6) is 3.19. The van der Waals surface area contributed by atoms with E-state index in [9.17, 15) is 0 Å². The van der Waals surface area contributed by atoms with Gasteiger partial charge in [-0.15, -0.1) is 0 Å². The van der Waals surface area contributed by atoms with Gasteiger partial charge in [-0.3, -0.25) is 0 Å². The van der Waals surface area contributed by atoms with Gasteiger partial charge >= 0.3 is 0 Å². The molecular formula is C28H28N4O5S. The SMILES string of the molecule is COc1cc(Nc2nc(N)c(C3=N[C@@H](c4ccc(OCc5ccccc5)cc4)CO3)s2)cc(OC)c1OC. The molecule has 5 rings (SSSR count). The maximum atomic E-state index is 6.23. The topological polar surface area (TPSA) is 109 Å². The van der Waals surface area contributed by atoms with E-state index in [4.69, 9.17) is 34.4 Å². The third kappa shape index (κ3) is 5.45. The van der Waals surface area contributed by atoms with Crippen molar-refractivity contribution in [3.8, 4) is 23.0 Å². The van der Waals surface area contributed by atoms with Gasteiger partial charge in [-0.2, -0.15) is 0 Å². The molecule has 38 heavy (non-hydrogen) atoms. The van der Waals surface area contributed by atoms with Gasteiger partial charge in [0.15, 0.2) is 16.6 Å². The van der Waals surface area contributed by atoms with Crippen molar-refractivity contribution in [2.45, 2.75) is 12.6 Å². The highest BCUT2D eigenvalue weighted by Gasteiger charge is 2.26. The van der Waals surface area contributed by atoms with Crippen molar-refractivity contribution in [3.63, 3.8) is 0 Å². The molecule has 1 aromatic heterocycles. The van der Waals surface area contributed by atoms with Crippen molar-refractivity contribution in [3.05, 3.63) is 82.7 Å². The fourth-order valence-electron chi connectivity index (χ4n) is 4.01. The van der Waals surface area contributed by atoms with Gasteiger partial charge in [0, 0.05) is 17.8 Å². The van der Waals surface area contributed by atoms with Crippen molar-refractivity contribution in [1.82, 2.24) is 4.98 Å². The summed E-state index contributed by atoms with van der Waals surface area (Å²) >= 11 is 1.36. The van der Waals surface area contributed by atoms with Crippen LogP contribution in [0.2, 0.25) is 0 Å². The molecule has 0 amide bonds. The highest BCUT2D eigenvalue weighted by Crippen LogP contribution is 2.41. The molecule has 0 radical (unpaired) electrons. The molecule has 1 aliphatic heterocycles. The average molecular weight is 533 g/mol. The van der Waals surface area contributed by atoms with Crippen LogP contribution >= 0.6 is 11.3 Å². The van der Waals surface area contributed by atoms with Crippen LogP contribution in [0.25, 0.3) is 0 Å². The number of rotatable bonds is 10. The molecule has 10 heteroatoms. The van der Waals surface area contributed by atoms with Gasteiger partial charge in [0.2, 0.25) is 11.6 Å². The lowest BCUT2D eigenvalue weighted by Crippen LogP contribution is -2.02. The predicted octanol–water partition coefficient (Wildman–Crippen LogP) is 5.59. The summed E-state index contributed by atoms with van der Waals surface area (Å²) in [7, 11) is 4.70. The highest BCUT2D eigenvalue weighted by molar-refractivity contribution is 7.18. The Morgan fingerprint density at radius 1 is 0.974 bits per heavy atom. The number of anilines is 3. The molecular weight excluding hydrogens is 504 g/mol. The first-order chi connectivity index (χ1) is 18.6. The van der Waals surface area contributed by atoms with E-state index in [1.807, 2.05) is 54.6 Å². The van der Waals surface area contributed by atoms with Crippen LogP contribution in [-0.4, -0.2) is 38.8 Å². The van der Waals surface area contributed by atoms with E-state index in [1.54, 1.807) is 33.5 Å². The van der Waals surface area contributed by atoms with Crippen LogP contribution in [0.15, 0.2) is 71.7 Å². The monoisotopic (exact) mass is 532 g/mol. The number of aromatic nitrogens is 1. The largest absolute Gasteiger partial charge is 0.493 e. The minimum atomic E-state index is -0.138. The molecule has 9 nitrogen and oxygen atoms in total. The molecule has 4 aromatic rings. The zero-order valence-electron chi connectivity index (χ0n) is 21.3. The van der Waals surface area contributed by atoms with E-state index in [1.165, 1.54) is 11.3 Å². The molecule has 3 aromatic carbocycles. The standard InChI is InChI=1S/C28H28N4O5S/c1-33-22-13-19(14-23(34-2)24(22)35-3)30-28-32-26(29)25(38-28)27-31-21(16-37-27)18-9-11-20(12-10-18)36-15-17-7-5-4-6-8-17/h4-14,21H,15-16,29H2,1-3H3,(H,30,32)/t21-/m1/s1. The number of ether oxygens (including phenoxy) is 5. The molecule has 0 unspecified atom stereocenters. The van der Waals surface area contributed by atoms with Crippen LogP contribution in [0.5, 0.6) is 23.0 Å². The number of nitrogen functional groups attached to an aromatic ring is 1. The van der Waals surface area contributed by atoms with Gasteiger partial charge < -0.3 is 34.7 Å². The molecule has 2 heterocycles. The second kappa shape index (κ2) is 11.3. The van der Waals surface area contributed by atoms with E-state index in [0.29, 0.717) is 57.9 Å². The number of nitrogens with one attached hydrogen (secondary N) is 1. The Labute approximate surface area is 224 Å². The molecule has 3 N–H and O–H groups in total. The lowest BCUT2D eigenvalue weighted by Gasteiger charge is -2.14. The third-order valence-corrected chi connectivity index (χ3v) is 6.90. The van der Waals surface area contributed by atoms with Crippen LogP contribution in [0, 0.1) is 0 Å². The van der Waals surface area contributed by atoms with Crippen LogP contribution in [0.3, 0.4) is 0 Å². The Kier molecular flexibility index (Phi) is 7.50. The van der Waals surface area contributed by atoms with Gasteiger partial charge in [0.1, 0.15) is 35.7 Å². The van der Waals surface area contributed by atoms with Gasteiger partial charge in [0.05, 0.1) is 21.3 Å². The first kappa shape index (κ1) is 25.2.